The van der Waals surface area contributed by atoms with Crippen molar-refractivity contribution in [3.05, 3.63) is 0 Å². The van der Waals surface area contributed by atoms with Crippen LogP contribution in [0.3, 0.4) is 0 Å². The molecule has 2 heteroatoms. The molecule has 2 nitrogen and oxygen atoms in total. The molecule has 2 saturated heterocycles. The normalized spacial score (nSPS) is 36.7. The van der Waals surface area contributed by atoms with Crippen molar-refractivity contribution in [1.82, 2.24) is 10.2 Å². The SMILES string of the molecule is CC[C@H]1CCCCN1[C@@H]1CCNC1. The van der Waals surface area contributed by atoms with Gasteiger partial charge in [0.2, 0.25) is 0 Å². The molecule has 2 aliphatic rings. The van der Waals surface area contributed by atoms with E-state index in [4.69, 9.17) is 0 Å². The lowest BCUT2D eigenvalue weighted by atomic mass is 9.97. The van der Waals surface area contributed by atoms with Crippen LogP contribution in [-0.2, 0) is 0 Å². The lowest BCUT2D eigenvalue weighted by Gasteiger charge is -2.39. The first-order valence-corrected chi connectivity index (χ1v) is 5.88. The molecule has 0 aliphatic carbocycles. The summed E-state index contributed by atoms with van der Waals surface area (Å²) in [6, 6.07) is 1.74. The first-order chi connectivity index (χ1) is 6.42. The first kappa shape index (κ1) is 9.47. The van der Waals surface area contributed by atoms with Crippen molar-refractivity contribution >= 4 is 0 Å². The minimum Gasteiger partial charge on any atom is -0.315 e. The molecule has 2 aliphatic heterocycles. The van der Waals surface area contributed by atoms with Crippen molar-refractivity contribution in [2.75, 3.05) is 19.6 Å². The summed E-state index contributed by atoms with van der Waals surface area (Å²) in [4.78, 5) is 2.77. The van der Waals surface area contributed by atoms with Gasteiger partial charge in [-0.05, 0) is 38.8 Å². The minimum atomic E-state index is 0.852. The largest absolute Gasteiger partial charge is 0.315 e. The van der Waals surface area contributed by atoms with E-state index in [1.165, 1.54) is 51.7 Å². The molecule has 1 N–H and O–H groups in total. The summed E-state index contributed by atoms with van der Waals surface area (Å²) in [5.41, 5.74) is 0. The maximum Gasteiger partial charge on any atom is 0.0235 e. The smallest absolute Gasteiger partial charge is 0.0235 e. The van der Waals surface area contributed by atoms with Crippen LogP contribution in [0.25, 0.3) is 0 Å². The van der Waals surface area contributed by atoms with Gasteiger partial charge in [0.1, 0.15) is 0 Å². The summed E-state index contributed by atoms with van der Waals surface area (Å²) >= 11 is 0. The Hall–Kier alpha value is -0.0800. The van der Waals surface area contributed by atoms with E-state index in [2.05, 4.69) is 17.1 Å². The third-order valence-electron chi connectivity index (χ3n) is 3.65. The molecule has 0 amide bonds. The zero-order valence-corrected chi connectivity index (χ0v) is 8.76. The number of piperidine rings is 1. The Bertz CT molecular complexity index is 150. The van der Waals surface area contributed by atoms with Crippen LogP contribution in [0.1, 0.15) is 39.0 Å². The van der Waals surface area contributed by atoms with E-state index in [9.17, 15) is 0 Å². The fraction of sp³-hybridized carbons (Fsp3) is 1.00. The van der Waals surface area contributed by atoms with Crippen molar-refractivity contribution < 1.29 is 0 Å². The summed E-state index contributed by atoms with van der Waals surface area (Å²) < 4.78 is 0. The Morgan fingerprint density at radius 3 is 2.92 bits per heavy atom. The van der Waals surface area contributed by atoms with E-state index >= 15 is 0 Å². The van der Waals surface area contributed by atoms with Gasteiger partial charge in [-0.15, -0.1) is 0 Å². The summed E-state index contributed by atoms with van der Waals surface area (Å²) in [5.74, 6) is 0. The third-order valence-corrected chi connectivity index (χ3v) is 3.65. The molecule has 0 aromatic carbocycles. The van der Waals surface area contributed by atoms with Crippen LogP contribution in [-0.4, -0.2) is 36.6 Å². The standard InChI is InChI=1S/C11H22N2/c1-2-10-5-3-4-8-13(10)11-6-7-12-9-11/h10-12H,2-9H2,1H3/t10-,11+/m0/s1. The van der Waals surface area contributed by atoms with Gasteiger partial charge < -0.3 is 5.32 Å². The van der Waals surface area contributed by atoms with Crippen molar-refractivity contribution in [2.24, 2.45) is 0 Å². The summed E-state index contributed by atoms with van der Waals surface area (Å²) in [6.07, 6.45) is 7.03. The number of likely N-dealkylation sites (tertiary alicyclic amines) is 1. The second-order valence-corrected chi connectivity index (χ2v) is 4.44. The molecule has 0 unspecified atom stereocenters. The van der Waals surface area contributed by atoms with E-state index < -0.39 is 0 Å². The molecular formula is C11H22N2. The Labute approximate surface area is 81.7 Å². The molecule has 0 spiro atoms. The van der Waals surface area contributed by atoms with E-state index in [1.807, 2.05) is 0 Å². The van der Waals surface area contributed by atoms with Gasteiger partial charge in [-0.2, -0.15) is 0 Å². The molecular weight excluding hydrogens is 160 g/mol. The minimum absolute atomic E-state index is 0.852. The van der Waals surface area contributed by atoms with Gasteiger partial charge in [0.15, 0.2) is 0 Å². The Balaban J connectivity index is 1.93. The van der Waals surface area contributed by atoms with E-state index in [0.29, 0.717) is 0 Å². The van der Waals surface area contributed by atoms with Crippen LogP contribution in [0.5, 0.6) is 0 Å². The second-order valence-electron chi connectivity index (χ2n) is 4.44. The van der Waals surface area contributed by atoms with Crippen LogP contribution >= 0.6 is 0 Å². The molecule has 0 bridgehead atoms. The molecule has 2 heterocycles. The van der Waals surface area contributed by atoms with Crippen LogP contribution in [0.15, 0.2) is 0 Å². The van der Waals surface area contributed by atoms with Crippen LogP contribution in [0, 0.1) is 0 Å². The molecule has 2 rings (SSSR count). The molecule has 0 aromatic rings. The van der Waals surface area contributed by atoms with Gasteiger partial charge in [0.25, 0.3) is 0 Å². The number of hydrogen-bond acceptors (Lipinski definition) is 2. The monoisotopic (exact) mass is 182 g/mol. The van der Waals surface area contributed by atoms with E-state index in [0.717, 1.165) is 12.1 Å². The number of nitrogens with zero attached hydrogens (tertiary/aromatic N) is 1. The lowest BCUT2D eigenvalue weighted by molar-refractivity contribution is 0.100. The summed E-state index contributed by atoms with van der Waals surface area (Å²) in [6.45, 7) is 6.16. The summed E-state index contributed by atoms with van der Waals surface area (Å²) in [7, 11) is 0. The summed E-state index contributed by atoms with van der Waals surface area (Å²) in [5, 5.41) is 3.47. The molecule has 0 radical (unpaired) electrons. The average Bonchev–Trinajstić information content (AvgIpc) is 2.70. The zero-order chi connectivity index (χ0) is 9.10. The third kappa shape index (κ3) is 2.05. The quantitative estimate of drug-likeness (QED) is 0.698. The highest BCUT2D eigenvalue weighted by Gasteiger charge is 2.29. The molecule has 13 heavy (non-hydrogen) atoms. The van der Waals surface area contributed by atoms with Crippen LogP contribution < -0.4 is 5.32 Å². The highest BCUT2D eigenvalue weighted by Crippen LogP contribution is 2.23. The number of nitrogens with one attached hydrogen (secondary N) is 1. The molecule has 0 saturated carbocycles. The van der Waals surface area contributed by atoms with Gasteiger partial charge in [-0.3, -0.25) is 4.90 Å². The maximum absolute atomic E-state index is 3.47. The molecule has 2 fully saturated rings. The Morgan fingerprint density at radius 2 is 2.23 bits per heavy atom. The van der Waals surface area contributed by atoms with Crippen molar-refractivity contribution in [3.63, 3.8) is 0 Å². The zero-order valence-electron chi connectivity index (χ0n) is 8.76. The maximum atomic E-state index is 3.47. The van der Waals surface area contributed by atoms with Crippen LogP contribution in [0.4, 0.5) is 0 Å². The topological polar surface area (TPSA) is 15.3 Å². The highest BCUT2D eigenvalue weighted by atomic mass is 15.2. The fourth-order valence-electron chi connectivity index (χ4n) is 2.86. The van der Waals surface area contributed by atoms with Gasteiger partial charge >= 0.3 is 0 Å². The van der Waals surface area contributed by atoms with Crippen molar-refractivity contribution in [1.29, 1.82) is 0 Å². The second kappa shape index (κ2) is 4.43. The molecule has 2 atom stereocenters. The highest BCUT2D eigenvalue weighted by molar-refractivity contribution is 4.86. The lowest BCUT2D eigenvalue weighted by Crippen LogP contribution is -2.46. The predicted molar refractivity (Wildman–Crippen MR) is 55.9 cm³/mol. The average molecular weight is 182 g/mol. The van der Waals surface area contributed by atoms with Crippen molar-refractivity contribution in [2.45, 2.75) is 51.1 Å². The van der Waals surface area contributed by atoms with Gasteiger partial charge in [-0.1, -0.05) is 13.3 Å². The molecule has 76 valence electrons. The molecule has 0 aromatic heterocycles. The number of hydrogen-bond donors (Lipinski definition) is 1. The van der Waals surface area contributed by atoms with Gasteiger partial charge in [0, 0.05) is 18.6 Å². The Kier molecular flexibility index (Phi) is 3.23. The number of rotatable bonds is 2. The first-order valence-electron chi connectivity index (χ1n) is 5.88. The Morgan fingerprint density at radius 1 is 1.31 bits per heavy atom. The fourth-order valence-corrected chi connectivity index (χ4v) is 2.86. The van der Waals surface area contributed by atoms with Gasteiger partial charge in [0.05, 0.1) is 0 Å². The van der Waals surface area contributed by atoms with E-state index in [-0.39, 0.29) is 0 Å². The predicted octanol–water partition coefficient (Wildman–Crippen LogP) is 1.61. The van der Waals surface area contributed by atoms with Crippen LogP contribution in [0.2, 0.25) is 0 Å². The van der Waals surface area contributed by atoms with Gasteiger partial charge in [-0.25, -0.2) is 0 Å². The van der Waals surface area contributed by atoms with Crippen molar-refractivity contribution in [3.8, 4) is 0 Å². The van der Waals surface area contributed by atoms with E-state index in [1.54, 1.807) is 0 Å².